The van der Waals surface area contributed by atoms with Gasteiger partial charge < -0.3 is 14.8 Å². The van der Waals surface area contributed by atoms with E-state index in [1.807, 2.05) is 55.5 Å². The maximum absolute atomic E-state index is 11.9. The lowest BCUT2D eigenvalue weighted by molar-refractivity contribution is -0.118. The molecule has 0 aliphatic carbocycles. The molecule has 0 saturated carbocycles. The predicted molar refractivity (Wildman–Crippen MR) is 82.5 cm³/mol. The Balaban J connectivity index is 1.90. The van der Waals surface area contributed by atoms with E-state index in [9.17, 15) is 4.79 Å². The highest BCUT2D eigenvalue weighted by molar-refractivity contribution is 5.91. The van der Waals surface area contributed by atoms with Crippen molar-refractivity contribution in [3.8, 4) is 5.75 Å². The van der Waals surface area contributed by atoms with Crippen LogP contribution in [0.25, 0.3) is 0 Å². The third-order valence-electron chi connectivity index (χ3n) is 2.97. The molecule has 0 heterocycles. The molecule has 1 N–H and O–H groups in total. The standard InChI is InChI=1S/C17H19NO3/c1-13-6-3-4-9-16(13)21-12-17(19)18-15-8-5-7-14(10-15)11-20-2/h3-10H,11-12H2,1-2H3,(H,18,19). The first-order chi connectivity index (χ1) is 10.2. The van der Waals surface area contributed by atoms with Gasteiger partial charge in [0.2, 0.25) is 0 Å². The van der Waals surface area contributed by atoms with Crippen LogP contribution in [0.4, 0.5) is 5.69 Å². The Morgan fingerprint density at radius 1 is 1.14 bits per heavy atom. The molecule has 110 valence electrons. The Hall–Kier alpha value is -2.33. The molecule has 2 aromatic rings. The summed E-state index contributed by atoms with van der Waals surface area (Å²) in [5, 5.41) is 2.81. The number of hydrogen-bond acceptors (Lipinski definition) is 3. The molecule has 0 aromatic heterocycles. The Labute approximate surface area is 124 Å². The Morgan fingerprint density at radius 2 is 1.95 bits per heavy atom. The Bertz CT molecular complexity index is 610. The van der Waals surface area contributed by atoms with Crippen LogP contribution in [0, 0.1) is 6.92 Å². The number of ether oxygens (including phenoxy) is 2. The minimum atomic E-state index is -0.187. The van der Waals surface area contributed by atoms with E-state index >= 15 is 0 Å². The summed E-state index contributed by atoms with van der Waals surface area (Å²) in [4.78, 5) is 11.9. The van der Waals surface area contributed by atoms with Crippen LogP contribution in [-0.4, -0.2) is 19.6 Å². The maximum Gasteiger partial charge on any atom is 0.262 e. The fourth-order valence-corrected chi connectivity index (χ4v) is 1.96. The molecule has 2 aromatic carbocycles. The summed E-state index contributed by atoms with van der Waals surface area (Å²) in [6.07, 6.45) is 0. The van der Waals surface area contributed by atoms with E-state index < -0.39 is 0 Å². The lowest BCUT2D eigenvalue weighted by Crippen LogP contribution is -2.20. The van der Waals surface area contributed by atoms with Crippen LogP contribution in [-0.2, 0) is 16.1 Å². The second-order valence-corrected chi connectivity index (χ2v) is 4.74. The van der Waals surface area contributed by atoms with E-state index in [4.69, 9.17) is 9.47 Å². The normalized spacial score (nSPS) is 10.2. The molecule has 0 aliphatic rings. The minimum absolute atomic E-state index is 0.0145. The number of carbonyl (C=O) groups excluding carboxylic acids is 1. The summed E-state index contributed by atoms with van der Waals surface area (Å²) in [6, 6.07) is 15.2. The molecule has 0 radical (unpaired) electrons. The Kier molecular flexibility index (Phi) is 5.35. The number of nitrogens with one attached hydrogen (secondary N) is 1. The van der Waals surface area contributed by atoms with Gasteiger partial charge in [-0.1, -0.05) is 30.3 Å². The predicted octanol–water partition coefficient (Wildman–Crippen LogP) is 3.16. The van der Waals surface area contributed by atoms with Crippen LogP contribution in [0.2, 0.25) is 0 Å². The molecule has 4 heteroatoms. The highest BCUT2D eigenvalue weighted by Crippen LogP contribution is 2.16. The number of methoxy groups -OCH3 is 1. The van der Waals surface area contributed by atoms with Crippen molar-refractivity contribution in [2.24, 2.45) is 0 Å². The van der Waals surface area contributed by atoms with Crippen molar-refractivity contribution in [3.63, 3.8) is 0 Å². The minimum Gasteiger partial charge on any atom is -0.483 e. The van der Waals surface area contributed by atoms with Crippen molar-refractivity contribution in [2.45, 2.75) is 13.5 Å². The summed E-state index contributed by atoms with van der Waals surface area (Å²) in [6.45, 7) is 2.45. The van der Waals surface area contributed by atoms with Crippen molar-refractivity contribution in [3.05, 3.63) is 59.7 Å². The third kappa shape index (κ3) is 4.61. The van der Waals surface area contributed by atoms with E-state index in [2.05, 4.69) is 5.32 Å². The molecule has 0 bridgehead atoms. The largest absolute Gasteiger partial charge is 0.483 e. The van der Waals surface area contributed by atoms with Crippen LogP contribution in [0.15, 0.2) is 48.5 Å². The number of benzene rings is 2. The van der Waals surface area contributed by atoms with Gasteiger partial charge in [0.05, 0.1) is 6.61 Å². The highest BCUT2D eigenvalue weighted by Gasteiger charge is 2.05. The first-order valence-electron chi connectivity index (χ1n) is 6.75. The molecule has 0 aliphatic heterocycles. The van der Waals surface area contributed by atoms with Crippen LogP contribution < -0.4 is 10.1 Å². The fourth-order valence-electron chi connectivity index (χ4n) is 1.96. The summed E-state index contributed by atoms with van der Waals surface area (Å²) >= 11 is 0. The first kappa shape index (κ1) is 15.1. The molecule has 0 spiro atoms. The summed E-state index contributed by atoms with van der Waals surface area (Å²) < 4.78 is 10.6. The van der Waals surface area contributed by atoms with Crippen molar-refractivity contribution in [2.75, 3.05) is 19.0 Å². The van der Waals surface area contributed by atoms with E-state index in [1.165, 1.54) is 0 Å². The van der Waals surface area contributed by atoms with Gasteiger partial charge in [0.25, 0.3) is 5.91 Å². The third-order valence-corrected chi connectivity index (χ3v) is 2.97. The van der Waals surface area contributed by atoms with Gasteiger partial charge in [-0.15, -0.1) is 0 Å². The maximum atomic E-state index is 11.9. The van der Waals surface area contributed by atoms with Gasteiger partial charge in [-0.3, -0.25) is 4.79 Å². The molecule has 4 nitrogen and oxygen atoms in total. The lowest BCUT2D eigenvalue weighted by Gasteiger charge is -2.10. The van der Waals surface area contributed by atoms with Gasteiger partial charge in [0.15, 0.2) is 6.61 Å². The summed E-state index contributed by atoms with van der Waals surface area (Å²) in [5.74, 6) is 0.536. The van der Waals surface area contributed by atoms with E-state index in [0.717, 1.165) is 22.6 Å². The number of hydrogen-bond donors (Lipinski definition) is 1. The van der Waals surface area contributed by atoms with Crippen LogP contribution in [0.5, 0.6) is 5.75 Å². The second kappa shape index (κ2) is 7.45. The van der Waals surface area contributed by atoms with E-state index in [0.29, 0.717) is 6.61 Å². The number of aryl methyl sites for hydroxylation is 1. The smallest absolute Gasteiger partial charge is 0.262 e. The molecule has 0 fully saturated rings. The second-order valence-electron chi connectivity index (χ2n) is 4.74. The van der Waals surface area contributed by atoms with Crippen molar-refractivity contribution >= 4 is 11.6 Å². The van der Waals surface area contributed by atoms with Gasteiger partial charge in [0.1, 0.15) is 5.75 Å². The summed E-state index contributed by atoms with van der Waals surface area (Å²) in [7, 11) is 1.64. The van der Waals surface area contributed by atoms with Crippen molar-refractivity contribution < 1.29 is 14.3 Å². The number of anilines is 1. The van der Waals surface area contributed by atoms with Crippen LogP contribution >= 0.6 is 0 Å². The fraction of sp³-hybridized carbons (Fsp3) is 0.235. The van der Waals surface area contributed by atoms with E-state index in [1.54, 1.807) is 7.11 Å². The quantitative estimate of drug-likeness (QED) is 0.887. The molecular weight excluding hydrogens is 266 g/mol. The number of carbonyl (C=O) groups is 1. The number of rotatable bonds is 6. The molecular formula is C17H19NO3. The topological polar surface area (TPSA) is 47.6 Å². The van der Waals surface area contributed by atoms with Crippen molar-refractivity contribution in [1.82, 2.24) is 0 Å². The summed E-state index contributed by atoms with van der Waals surface area (Å²) in [5.41, 5.74) is 2.76. The van der Waals surface area contributed by atoms with Crippen LogP contribution in [0.3, 0.4) is 0 Å². The average molecular weight is 285 g/mol. The average Bonchev–Trinajstić information content (AvgIpc) is 2.47. The lowest BCUT2D eigenvalue weighted by atomic mass is 10.2. The first-order valence-corrected chi connectivity index (χ1v) is 6.75. The van der Waals surface area contributed by atoms with Crippen LogP contribution in [0.1, 0.15) is 11.1 Å². The van der Waals surface area contributed by atoms with Gasteiger partial charge in [0, 0.05) is 12.8 Å². The Morgan fingerprint density at radius 3 is 2.71 bits per heavy atom. The molecule has 1 amide bonds. The van der Waals surface area contributed by atoms with Gasteiger partial charge in [-0.05, 0) is 36.2 Å². The van der Waals surface area contributed by atoms with Gasteiger partial charge in [-0.25, -0.2) is 0 Å². The van der Waals surface area contributed by atoms with Crippen molar-refractivity contribution in [1.29, 1.82) is 0 Å². The van der Waals surface area contributed by atoms with Gasteiger partial charge >= 0.3 is 0 Å². The zero-order chi connectivity index (χ0) is 15.1. The molecule has 2 rings (SSSR count). The molecule has 0 atom stereocenters. The number of para-hydroxylation sites is 1. The zero-order valence-corrected chi connectivity index (χ0v) is 12.3. The SMILES string of the molecule is COCc1cccc(NC(=O)COc2ccccc2C)c1. The number of amides is 1. The monoisotopic (exact) mass is 285 g/mol. The van der Waals surface area contributed by atoms with E-state index in [-0.39, 0.29) is 12.5 Å². The zero-order valence-electron chi connectivity index (χ0n) is 12.3. The van der Waals surface area contributed by atoms with Gasteiger partial charge in [-0.2, -0.15) is 0 Å². The molecule has 21 heavy (non-hydrogen) atoms. The molecule has 0 saturated heterocycles. The molecule has 0 unspecified atom stereocenters. The highest BCUT2D eigenvalue weighted by atomic mass is 16.5.